The maximum atomic E-state index is 14.4. The van der Waals surface area contributed by atoms with E-state index in [2.05, 4.69) is 23.7 Å². The second-order valence-electron chi connectivity index (χ2n) is 7.37. The van der Waals surface area contributed by atoms with Gasteiger partial charge in [0.1, 0.15) is 17.5 Å². The fraction of sp³-hybridized carbons (Fsp3) is 0.214. The Kier molecular flexibility index (Phi) is 8.17. The van der Waals surface area contributed by atoms with Crippen LogP contribution >= 0.6 is 0 Å². The molecule has 0 N–H and O–H groups in total. The summed E-state index contributed by atoms with van der Waals surface area (Å²) in [5.74, 6) is 7.87. The van der Waals surface area contributed by atoms with E-state index in [4.69, 9.17) is 4.74 Å². The zero-order chi connectivity index (χ0) is 23.8. The van der Waals surface area contributed by atoms with Crippen molar-refractivity contribution in [3.63, 3.8) is 0 Å². The molecule has 3 aromatic rings. The lowest BCUT2D eigenvalue weighted by molar-refractivity contribution is 0.301. The van der Waals surface area contributed by atoms with E-state index in [0.29, 0.717) is 24.2 Å². The lowest BCUT2D eigenvalue weighted by atomic mass is 10.1. The van der Waals surface area contributed by atoms with Gasteiger partial charge in [0.05, 0.1) is 17.7 Å². The first-order valence-electron chi connectivity index (χ1n) is 10.6. The van der Waals surface area contributed by atoms with Crippen molar-refractivity contribution in [2.24, 2.45) is 0 Å². The van der Waals surface area contributed by atoms with Crippen LogP contribution in [-0.2, 0) is 6.42 Å². The predicted octanol–water partition coefficient (Wildman–Crippen LogP) is 6.78. The Morgan fingerprint density at radius 3 is 1.91 bits per heavy atom. The summed E-state index contributed by atoms with van der Waals surface area (Å²) in [5.41, 5.74) is 0.922. The molecule has 0 unspecified atom stereocenters. The maximum absolute atomic E-state index is 14.4. The van der Waals surface area contributed by atoms with Gasteiger partial charge in [-0.3, -0.25) is 0 Å². The van der Waals surface area contributed by atoms with Crippen molar-refractivity contribution in [2.45, 2.75) is 33.1 Å². The van der Waals surface area contributed by atoms with Crippen molar-refractivity contribution in [3.05, 3.63) is 99.6 Å². The molecule has 168 valence electrons. The van der Waals surface area contributed by atoms with Gasteiger partial charge in [0.25, 0.3) is 0 Å². The Morgan fingerprint density at radius 1 is 0.667 bits per heavy atom. The standard InChI is InChI=1S/C28H22F4O/c1-3-5-21-17-25(30)23(26(31)18-21)12-8-19-6-10-22(24(29)15-19)11-7-20-9-13-28(27(32)16-20)33-14-4-2/h6,9-10,13,15-18H,3-5,14H2,1-2H3. The van der Waals surface area contributed by atoms with Gasteiger partial charge in [-0.1, -0.05) is 44.0 Å². The quantitative estimate of drug-likeness (QED) is 0.307. The molecule has 5 heteroatoms. The van der Waals surface area contributed by atoms with Crippen molar-refractivity contribution in [1.82, 2.24) is 0 Å². The van der Waals surface area contributed by atoms with Crippen molar-refractivity contribution in [1.29, 1.82) is 0 Å². The van der Waals surface area contributed by atoms with E-state index in [-0.39, 0.29) is 22.4 Å². The molecule has 0 aliphatic rings. The molecule has 0 saturated heterocycles. The molecular weight excluding hydrogens is 428 g/mol. The van der Waals surface area contributed by atoms with Gasteiger partial charge in [0, 0.05) is 11.1 Å². The van der Waals surface area contributed by atoms with Crippen LogP contribution in [0.15, 0.2) is 48.5 Å². The van der Waals surface area contributed by atoms with E-state index in [1.54, 1.807) is 6.07 Å². The third kappa shape index (κ3) is 6.40. The van der Waals surface area contributed by atoms with E-state index in [9.17, 15) is 17.6 Å². The Morgan fingerprint density at radius 2 is 1.30 bits per heavy atom. The highest BCUT2D eigenvalue weighted by Gasteiger charge is 2.09. The van der Waals surface area contributed by atoms with E-state index < -0.39 is 23.3 Å². The summed E-state index contributed by atoms with van der Waals surface area (Å²) in [6.45, 7) is 4.25. The van der Waals surface area contributed by atoms with E-state index >= 15 is 0 Å². The second-order valence-corrected chi connectivity index (χ2v) is 7.37. The van der Waals surface area contributed by atoms with Gasteiger partial charge in [-0.25, -0.2) is 17.6 Å². The average Bonchev–Trinajstić information content (AvgIpc) is 2.77. The topological polar surface area (TPSA) is 9.23 Å². The summed E-state index contributed by atoms with van der Waals surface area (Å²) >= 11 is 0. The van der Waals surface area contributed by atoms with Crippen LogP contribution in [-0.4, -0.2) is 6.61 Å². The highest BCUT2D eigenvalue weighted by molar-refractivity contribution is 5.50. The maximum Gasteiger partial charge on any atom is 0.166 e. The molecule has 0 spiro atoms. The van der Waals surface area contributed by atoms with Gasteiger partial charge in [-0.15, -0.1) is 0 Å². The molecule has 0 fully saturated rings. The molecule has 0 radical (unpaired) electrons. The SMILES string of the molecule is CCCOc1ccc(C#Cc2ccc(C#Cc3c(F)cc(CCC)cc3F)cc2F)cc1F. The second kappa shape index (κ2) is 11.2. The number of benzene rings is 3. The summed E-state index contributed by atoms with van der Waals surface area (Å²) in [6.07, 6.45) is 2.10. The lowest BCUT2D eigenvalue weighted by Crippen LogP contribution is -1.97. The fourth-order valence-electron chi connectivity index (χ4n) is 3.05. The van der Waals surface area contributed by atoms with Crippen LogP contribution in [0.1, 0.15) is 54.5 Å². The van der Waals surface area contributed by atoms with Crippen LogP contribution in [0.5, 0.6) is 5.75 Å². The number of aryl methyl sites for hydroxylation is 1. The van der Waals surface area contributed by atoms with Crippen molar-refractivity contribution in [3.8, 4) is 29.4 Å². The molecule has 0 atom stereocenters. The highest BCUT2D eigenvalue weighted by Crippen LogP contribution is 2.19. The van der Waals surface area contributed by atoms with Crippen LogP contribution < -0.4 is 4.74 Å². The number of hydrogen-bond donors (Lipinski definition) is 0. The molecule has 3 rings (SSSR count). The third-order valence-corrected chi connectivity index (χ3v) is 4.68. The minimum Gasteiger partial charge on any atom is -0.491 e. The van der Waals surface area contributed by atoms with Gasteiger partial charge in [0.15, 0.2) is 11.6 Å². The molecule has 1 nitrogen and oxygen atoms in total. The Bertz CT molecular complexity index is 1250. The van der Waals surface area contributed by atoms with Crippen LogP contribution in [0.3, 0.4) is 0 Å². The summed E-state index contributed by atoms with van der Waals surface area (Å²) in [7, 11) is 0. The smallest absolute Gasteiger partial charge is 0.166 e. The van der Waals surface area contributed by atoms with Crippen molar-refractivity contribution >= 4 is 0 Å². The molecule has 0 aliphatic heterocycles. The molecule has 0 bridgehead atoms. The van der Waals surface area contributed by atoms with Crippen LogP contribution in [0.2, 0.25) is 0 Å². The molecule has 0 amide bonds. The van der Waals surface area contributed by atoms with E-state index in [1.807, 2.05) is 13.8 Å². The van der Waals surface area contributed by atoms with E-state index in [1.165, 1.54) is 36.4 Å². The first-order valence-corrected chi connectivity index (χ1v) is 10.6. The Hall–Kier alpha value is -3.70. The van der Waals surface area contributed by atoms with Crippen LogP contribution in [0.4, 0.5) is 17.6 Å². The molecule has 0 aliphatic carbocycles. The molecule has 33 heavy (non-hydrogen) atoms. The normalized spacial score (nSPS) is 10.1. The fourth-order valence-corrected chi connectivity index (χ4v) is 3.05. The average molecular weight is 450 g/mol. The number of rotatable bonds is 5. The minimum absolute atomic E-state index is 0.0912. The Labute approximate surface area is 191 Å². The first-order chi connectivity index (χ1) is 15.9. The first kappa shape index (κ1) is 24.0. The van der Waals surface area contributed by atoms with Gasteiger partial charge >= 0.3 is 0 Å². The zero-order valence-electron chi connectivity index (χ0n) is 18.4. The molecule has 0 aromatic heterocycles. The minimum atomic E-state index is -0.743. The van der Waals surface area contributed by atoms with E-state index in [0.717, 1.165) is 18.9 Å². The molecular formula is C28H22F4O. The number of halogens is 4. The summed E-state index contributed by atoms with van der Waals surface area (Å²) in [5, 5.41) is 0. The van der Waals surface area contributed by atoms with Gasteiger partial charge in [0.2, 0.25) is 0 Å². The number of hydrogen-bond acceptors (Lipinski definition) is 1. The van der Waals surface area contributed by atoms with Crippen molar-refractivity contribution in [2.75, 3.05) is 6.61 Å². The van der Waals surface area contributed by atoms with Crippen molar-refractivity contribution < 1.29 is 22.3 Å². The monoisotopic (exact) mass is 450 g/mol. The van der Waals surface area contributed by atoms with Gasteiger partial charge in [-0.05, 0) is 66.9 Å². The third-order valence-electron chi connectivity index (χ3n) is 4.68. The summed E-state index contributed by atoms with van der Waals surface area (Å²) in [6, 6.07) is 10.9. The largest absolute Gasteiger partial charge is 0.491 e. The van der Waals surface area contributed by atoms with Gasteiger partial charge < -0.3 is 4.74 Å². The zero-order valence-corrected chi connectivity index (χ0v) is 18.4. The molecule has 3 aromatic carbocycles. The number of ether oxygens (including phenoxy) is 1. The molecule has 0 heterocycles. The lowest BCUT2D eigenvalue weighted by Gasteiger charge is -2.05. The predicted molar refractivity (Wildman–Crippen MR) is 121 cm³/mol. The van der Waals surface area contributed by atoms with Crippen LogP contribution in [0, 0.1) is 47.0 Å². The molecule has 0 saturated carbocycles. The van der Waals surface area contributed by atoms with Crippen LogP contribution in [0.25, 0.3) is 0 Å². The highest BCUT2D eigenvalue weighted by atomic mass is 19.1. The van der Waals surface area contributed by atoms with Gasteiger partial charge in [-0.2, -0.15) is 0 Å². The Balaban J connectivity index is 1.78. The summed E-state index contributed by atoms with van der Waals surface area (Å²) < 4.78 is 62.1. The summed E-state index contributed by atoms with van der Waals surface area (Å²) in [4.78, 5) is 0.